The van der Waals surface area contributed by atoms with Crippen molar-refractivity contribution < 1.29 is 8.42 Å². The van der Waals surface area contributed by atoms with Gasteiger partial charge in [0.05, 0.1) is 6.26 Å². The Bertz CT molecular complexity index is 299. The highest BCUT2D eigenvalue weighted by Gasteiger charge is 2.08. The molecule has 0 saturated heterocycles. The number of sulfonamides is 1. The van der Waals surface area contributed by atoms with E-state index in [0.717, 1.165) is 13.0 Å². The summed E-state index contributed by atoms with van der Waals surface area (Å²) in [5.74, 6) is 0.716. The fourth-order valence-electron chi connectivity index (χ4n) is 1.67. The van der Waals surface area contributed by atoms with Crippen LogP contribution in [0.4, 0.5) is 0 Å². The minimum Gasteiger partial charge on any atom is -0.315 e. The third-order valence-electron chi connectivity index (χ3n) is 2.48. The van der Waals surface area contributed by atoms with Gasteiger partial charge in [-0.15, -0.1) is 0 Å². The van der Waals surface area contributed by atoms with Gasteiger partial charge in [-0.05, 0) is 31.7 Å². The van der Waals surface area contributed by atoms with Crippen LogP contribution in [0.15, 0.2) is 12.2 Å². The normalized spacial score (nSPS) is 21.8. The molecule has 1 aliphatic rings. The van der Waals surface area contributed by atoms with Gasteiger partial charge in [0.2, 0.25) is 10.0 Å². The molecular formula is C10H20N2O2S. The van der Waals surface area contributed by atoms with Crippen LogP contribution in [-0.2, 0) is 10.0 Å². The lowest BCUT2D eigenvalue weighted by Gasteiger charge is -2.18. The average Bonchev–Trinajstić information content (AvgIpc) is 2.17. The maximum atomic E-state index is 10.7. The third kappa shape index (κ3) is 6.65. The van der Waals surface area contributed by atoms with Crippen molar-refractivity contribution in [2.75, 3.05) is 25.9 Å². The topological polar surface area (TPSA) is 58.2 Å². The zero-order valence-electron chi connectivity index (χ0n) is 9.20. The molecule has 15 heavy (non-hydrogen) atoms. The fourth-order valence-corrected chi connectivity index (χ4v) is 2.15. The molecule has 0 aromatic carbocycles. The monoisotopic (exact) mass is 232 g/mol. The molecule has 5 heteroatoms. The summed E-state index contributed by atoms with van der Waals surface area (Å²) in [6.45, 7) is 2.16. The first-order valence-electron chi connectivity index (χ1n) is 5.38. The molecule has 0 saturated carbocycles. The van der Waals surface area contributed by atoms with Crippen LogP contribution in [0.5, 0.6) is 0 Å². The summed E-state index contributed by atoms with van der Waals surface area (Å²) < 4.78 is 24.0. The van der Waals surface area contributed by atoms with E-state index in [1.54, 1.807) is 0 Å². The number of rotatable bonds is 6. The van der Waals surface area contributed by atoms with E-state index >= 15 is 0 Å². The lowest BCUT2D eigenvalue weighted by molar-refractivity contribution is 0.442. The van der Waals surface area contributed by atoms with E-state index in [-0.39, 0.29) is 0 Å². The van der Waals surface area contributed by atoms with Gasteiger partial charge in [0.1, 0.15) is 0 Å². The maximum absolute atomic E-state index is 10.7. The standard InChI is InChI=1S/C10H20N2O2S/c1-15(13,14)12-8-7-11-9-10-5-3-2-4-6-10/h2-3,10-12H,4-9H2,1H3. The molecule has 0 heterocycles. The van der Waals surface area contributed by atoms with Gasteiger partial charge in [-0.1, -0.05) is 12.2 Å². The molecule has 4 nitrogen and oxygen atoms in total. The van der Waals surface area contributed by atoms with Crippen molar-refractivity contribution in [2.24, 2.45) is 5.92 Å². The van der Waals surface area contributed by atoms with Crippen LogP contribution in [0.2, 0.25) is 0 Å². The van der Waals surface area contributed by atoms with Crippen molar-refractivity contribution in [1.82, 2.24) is 10.0 Å². The Morgan fingerprint density at radius 1 is 1.33 bits per heavy atom. The second-order valence-corrected chi connectivity index (χ2v) is 5.85. The Hall–Kier alpha value is -0.390. The summed E-state index contributed by atoms with van der Waals surface area (Å²) in [5, 5.41) is 3.27. The molecule has 0 aromatic heterocycles. The van der Waals surface area contributed by atoms with Gasteiger partial charge in [0.15, 0.2) is 0 Å². The Balaban J connectivity index is 1.99. The van der Waals surface area contributed by atoms with Gasteiger partial charge in [-0.3, -0.25) is 0 Å². The summed E-state index contributed by atoms with van der Waals surface area (Å²) >= 11 is 0. The maximum Gasteiger partial charge on any atom is 0.208 e. The van der Waals surface area contributed by atoms with Crippen LogP contribution < -0.4 is 10.0 Å². The molecule has 1 unspecified atom stereocenters. The van der Waals surface area contributed by atoms with Crippen molar-refractivity contribution in [3.8, 4) is 0 Å². The predicted molar refractivity (Wildman–Crippen MR) is 62.2 cm³/mol. The molecule has 2 N–H and O–H groups in total. The molecule has 0 fully saturated rings. The second-order valence-electron chi connectivity index (χ2n) is 4.02. The lowest BCUT2D eigenvalue weighted by Crippen LogP contribution is -2.33. The van der Waals surface area contributed by atoms with Crippen LogP contribution in [0.25, 0.3) is 0 Å². The Morgan fingerprint density at radius 2 is 2.13 bits per heavy atom. The predicted octanol–water partition coefficient (Wildman–Crippen LogP) is 0.481. The molecule has 0 aromatic rings. The van der Waals surface area contributed by atoms with Crippen LogP contribution in [0.1, 0.15) is 19.3 Å². The first-order chi connectivity index (χ1) is 7.08. The molecule has 0 radical (unpaired) electrons. The zero-order valence-corrected chi connectivity index (χ0v) is 10.0. The summed E-state index contributed by atoms with van der Waals surface area (Å²) in [6.07, 6.45) is 9.19. The Kier molecular flexibility index (Phi) is 5.28. The minimum atomic E-state index is -3.03. The first kappa shape index (κ1) is 12.7. The fraction of sp³-hybridized carbons (Fsp3) is 0.800. The molecule has 0 aliphatic heterocycles. The molecule has 1 aliphatic carbocycles. The van der Waals surface area contributed by atoms with Gasteiger partial charge in [0, 0.05) is 13.1 Å². The van der Waals surface area contributed by atoms with Crippen LogP contribution in [0.3, 0.4) is 0 Å². The SMILES string of the molecule is CS(=O)(=O)NCCNCC1CC=CCC1. The van der Waals surface area contributed by atoms with Gasteiger partial charge in [0.25, 0.3) is 0 Å². The van der Waals surface area contributed by atoms with Gasteiger partial charge < -0.3 is 5.32 Å². The number of hydrogen-bond acceptors (Lipinski definition) is 3. The highest BCUT2D eigenvalue weighted by Crippen LogP contribution is 2.16. The van der Waals surface area contributed by atoms with Crippen LogP contribution >= 0.6 is 0 Å². The molecular weight excluding hydrogens is 212 g/mol. The highest BCUT2D eigenvalue weighted by molar-refractivity contribution is 7.88. The van der Waals surface area contributed by atoms with Gasteiger partial charge >= 0.3 is 0 Å². The summed E-state index contributed by atoms with van der Waals surface area (Å²) in [7, 11) is -3.03. The van der Waals surface area contributed by atoms with Crippen molar-refractivity contribution in [1.29, 1.82) is 0 Å². The van der Waals surface area contributed by atoms with Crippen molar-refractivity contribution in [3.63, 3.8) is 0 Å². The summed E-state index contributed by atoms with van der Waals surface area (Å²) in [5.41, 5.74) is 0. The van der Waals surface area contributed by atoms with Crippen LogP contribution in [-0.4, -0.2) is 34.3 Å². The van der Waals surface area contributed by atoms with E-state index in [9.17, 15) is 8.42 Å². The summed E-state index contributed by atoms with van der Waals surface area (Å²) in [4.78, 5) is 0. The second kappa shape index (κ2) is 6.25. The van der Waals surface area contributed by atoms with Gasteiger partial charge in [-0.25, -0.2) is 13.1 Å². The van der Waals surface area contributed by atoms with E-state index in [0.29, 0.717) is 19.0 Å². The Labute approximate surface area is 92.2 Å². The van der Waals surface area contributed by atoms with Crippen molar-refractivity contribution in [2.45, 2.75) is 19.3 Å². The van der Waals surface area contributed by atoms with E-state index in [2.05, 4.69) is 22.2 Å². The Morgan fingerprint density at radius 3 is 2.73 bits per heavy atom. The quantitative estimate of drug-likeness (QED) is 0.517. The first-order valence-corrected chi connectivity index (χ1v) is 7.27. The van der Waals surface area contributed by atoms with Crippen molar-refractivity contribution in [3.05, 3.63) is 12.2 Å². The summed E-state index contributed by atoms with van der Waals surface area (Å²) in [6, 6.07) is 0. The largest absolute Gasteiger partial charge is 0.315 e. The number of hydrogen-bond donors (Lipinski definition) is 2. The van der Waals surface area contributed by atoms with E-state index in [4.69, 9.17) is 0 Å². The van der Waals surface area contributed by atoms with Crippen molar-refractivity contribution >= 4 is 10.0 Å². The average molecular weight is 232 g/mol. The number of nitrogens with one attached hydrogen (secondary N) is 2. The lowest BCUT2D eigenvalue weighted by atomic mass is 9.94. The van der Waals surface area contributed by atoms with E-state index in [1.807, 2.05) is 0 Å². The number of allylic oxidation sites excluding steroid dienone is 2. The molecule has 88 valence electrons. The smallest absolute Gasteiger partial charge is 0.208 e. The molecule has 1 rings (SSSR count). The van der Waals surface area contributed by atoms with E-state index < -0.39 is 10.0 Å². The third-order valence-corrected chi connectivity index (χ3v) is 3.21. The minimum absolute atomic E-state index is 0.474. The zero-order chi connectivity index (χ0) is 11.1. The molecule has 0 amide bonds. The molecule has 1 atom stereocenters. The molecule has 0 bridgehead atoms. The molecule has 0 spiro atoms. The van der Waals surface area contributed by atoms with Gasteiger partial charge in [-0.2, -0.15) is 0 Å². The van der Waals surface area contributed by atoms with Crippen LogP contribution in [0, 0.1) is 5.92 Å². The van der Waals surface area contributed by atoms with E-state index in [1.165, 1.54) is 19.1 Å². The highest BCUT2D eigenvalue weighted by atomic mass is 32.2.